The second-order valence-electron chi connectivity index (χ2n) is 15.4. The molecule has 0 atom stereocenters. The maximum atomic E-state index is 13.2. The molecule has 5 N–H and O–H groups in total. The fourth-order valence-corrected chi connectivity index (χ4v) is 7.67. The second-order valence-corrected chi connectivity index (χ2v) is 15.4. The number of rotatable bonds is 16. The van der Waals surface area contributed by atoms with Crippen LogP contribution in [-0.2, 0) is 33.6 Å². The van der Waals surface area contributed by atoms with Gasteiger partial charge in [0.25, 0.3) is 0 Å². The fourth-order valence-electron chi connectivity index (χ4n) is 7.67. The van der Waals surface area contributed by atoms with Crippen LogP contribution in [-0.4, -0.2) is 78.8 Å². The van der Waals surface area contributed by atoms with Gasteiger partial charge in [-0.25, -0.2) is 4.79 Å². The standard InChI is InChI=1S/C49H52N6O6/c1-54(47(59)26-31-55-29-24-40(25-30-55)61-49(60)52-43-13-6-5-12-41(43)36-8-3-2-4-9-36)39-11-7-10-38(33-39)51-46(58)32-35-16-14-34(15-17-35)22-27-50-28-23-37-18-20-44(56)48-42(37)19-21-45(57)53-48/h2-21,33,40,50,56H,22-32H2,1H3,(H,51,58)(H,52,60)(H,53,57). The van der Waals surface area contributed by atoms with Crippen molar-refractivity contribution in [3.8, 4) is 16.9 Å². The molecular formula is C49H52N6O6. The predicted molar refractivity (Wildman–Crippen MR) is 241 cm³/mol. The van der Waals surface area contributed by atoms with Gasteiger partial charge in [-0.15, -0.1) is 0 Å². The summed E-state index contributed by atoms with van der Waals surface area (Å²) < 4.78 is 5.78. The zero-order valence-electron chi connectivity index (χ0n) is 34.4. The van der Waals surface area contributed by atoms with E-state index in [1.54, 1.807) is 24.1 Å². The van der Waals surface area contributed by atoms with E-state index >= 15 is 0 Å². The number of fused-ring (bicyclic) bond motifs is 1. The molecule has 0 spiro atoms. The molecule has 1 aromatic heterocycles. The van der Waals surface area contributed by atoms with E-state index < -0.39 is 6.09 Å². The number of benzene rings is 5. The molecule has 3 amide bonds. The first-order chi connectivity index (χ1) is 29.7. The number of anilines is 3. The van der Waals surface area contributed by atoms with E-state index in [0.29, 0.717) is 48.4 Å². The van der Waals surface area contributed by atoms with Crippen molar-refractivity contribution >= 4 is 45.9 Å². The van der Waals surface area contributed by atoms with Crippen LogP contribution in [0, 0.1) is 0 Å². The number of phenolic OH excluding ortho intramolecular Hbond substituents is 1. The van der Waals surface area contributed by atoms with E-state index in [1.165, 1.54) is 6.07 Å². The zero-order valence-corrected chi connectivity index (χ0v) is 34.4. The second kappa shape index (κ2) is 20.5. The smallest absolute Gasteiger partial charge is 0.411 e. The van der Waals surface area contributed by atoms with Crippen molar-refractivity contribution in [2.75, 3.05) is 55.3 Å². The lowest BCUT2D eigenvalue weighted by atomic mass is 10.0. The molecule has 1 fully saturated rings. The fraction of sp³-hybridized carbons (Fsp3) is 0.265. The quantitative estimate of drug-likeness (QED) is 0.0628. The van der Waals surface area contributed by atoms with E-state index in [-0.39, 0.29) is 35.6 Å². The number of likely N-dealkylation sites (tertiary alicyclic amines) is 1. The molecule has 0 unspecified atom stereocenters. The van der Waals surface area contributed by atoms with Gasteiger partial charge in [0.2, 0.25) is 17.4 Å². The van der Waals surface area contributed by atoms with E-state index in [9.17, 15) is 24.3 Å². The number of phenols is 1. The van der Waals surface area contributed by atoms with Gasteiger partial charge in [0.05, 0.1) is 17.6 Å². The maximum Gasteiger partial charge on any atom is 0.411 e. The Morgan fingerprint density at radius 2 is 1.54 bits per heavy atom. The van der Waals surface area contributed by atoms with E-state index in [4.69, 9.17) is 4.74 Å². The third kappa shape index (κ3) is 11.7. The van der Waals surface area contributed by atoms with Gasteiger partial charge in [0.15, 0.2) is 0 Å². The highest BCUT2D eigenvalue weighted by molar-refractivity contribution is 5.96. The van der Waals surface area contributed by atoms with Gasteiger partial charge in [0, 0.05) is 61.5 Å². The monoisotopic (exact) mass is 820 g/mol. The van der Waals surface area contributed by atoms with Crippen molar-refractivity contribution in [2.45, 2.75) is 44.6 Å². The van der Waals surface area contributed by atoms with Crippen LogP contribution >= 0.6 is 0 Å². The number of aromatic hydroxyl groups is 1. The molecule has 0 saturated carbocycles. The number of pyridine rings is 1. The van der Waals surface area contributed by atoms with Crippen molar-refractivity contribution in [2.24, 2.45) is 0 Å². The Balaban J connectivity index is 0.792. The summed E-state index contributed by atoms with van der Waals surface area (Å²) in [5.74, 6) is -0.113. The largest absolute Gasteiger partial charge is 0.506 e. The van der Waals surface area contributed by atoms with Crippen molar-refractivity contribution in [3.05, 3.63) is 154 Å². The molecule has 0 radical (unpaired) electrons. The summed E-state index contributed by atoms with van der Waals surface area (Å²) in [4.78, 5) is 57.3. The van der Waals surface area contributed by atoms with E-state index in [0.717, 1.165) is 72.2 Å². The number of carbonyl (C=O) groups excluding carboxylic acids is 3. The molecular weight excluding hydrogens is 769 g/mol. The van der Waals surface area contributed by atoms with Gasteiger partial charge < -0.3 is 35.3 Å². The molecule has 0 bridgehead atoms. The van der Waals surface area contributed by atoms with Gasteiger partial charge in [-0.2, -0.15) is 0 Å². The normalized spacial score (nSPS) is 13.1. The first kappa shape index (κ1) is 42.4. The Kier molecular flexibility index (Phi) is 14.2. The number of aromatic amines is 1. The lowest BCUT2D eigenvalue weighted by molar-refractivity contribution is -0.118. The Hall–Kier alpha value is -6.76. The first-order valence-electron chi connectivity index (χ1n) is 20.8. The highest BCUT2D eigenvalue weighted by Gasteiger charge is 2.24. The Morgan fingerprint density at radius 3 is 2.34 bits per heavy atom. The van der Waals surface area contributed by atoms with Crippen LogP contribution < -0.4 is 26.4 Å². The Labute approximate surface area is 355 Å². The molecule has 1 aliphatic heterocycles. The maximum absolute atomic E-state index is 13.2. The average Bonchev–Trinajstić information content (AvgIpc) is 3.27. The number of amides is 3. The summed E-state index contributed by atoms with van der Waals surface area (Å²) in [6, 6.07) is 39.6. The molecule has 314 valence electrons. The lowest BCUT2D eigenvalue weighted by Gasteiger charge is -2.31. The van der Waals surface area contributed by atoms with Crippen LogP contribution in [0.4, 0.5) is 21.9 Å². The van der Waals surface area contributed by atoms with Crippen molar-refractivity contribution in [1.29, 1.82) is 0 Å². The minimum absolute atomic E-state index is 0.0295. The summed E-state index contributed by atoms with van der Waals surface area (Å²) in [6.45, 7) is 3.58. The van der Waals surface area contributed by atoms with Crippen LogP contribution in [0.1, 0.15) is 36.0 Å². The van der Waals surface area contributed by atoms with Crippen LogP contribution in [0.15, 0.2) is 132 Å². The van der Waals surface area contributed by atoms with Crippen LogP contribution in [0.3, 0.4) is 0 Å². The van der Waals surface area contributed by atoms with Crippen molar-refractivity contribution in [3.63, 3.8) is 0 Å². The van der Waals surface area contributed by atoms with Crippen LogP contribution in [0.5, 0.6) is 5.75 Å². The summed E-state index contributed by atoms with van der Waals surface area (Å²) in [5.41, 5.74) is 7.27. The minimum Gasteiger partial charge on any atom is -0.506 e. The summed E-state index contributed by atoms with van der Waals surface area (Å²) in [5, 5.41) is 20.3. The molecule has 6 aromatic rings. The van der Waals surface area contributed by atoms with Gasteiger partial charge in [0.1, 0.15) is 11.9 Å². The number of piperidine rings is 1. The number of ether oxygens (including phenoxy) is 1. The van der Waals surface area contributed by atoms with Crippen molar-refractivity contribution in [1.82, 2.24) is 15.2 Å². The highest BCUT2D eigenvalue weighted by Crippen LogP contribution is 2.29. The number of nitrogens with one attached hydrogen (secondary N) is 4. The number of para-hydroxylation sites is 1. The Bertz CT molecular complexity index is 2500. The highest BCUT2D eigenvalue weighted by atomic mass is 16.6. The average molecular weight is 821 g/mol. The van der Waals surface area contributed by atoms with Crippen LogP contribution in [0.2, 0.25) is 0 Å². The molecule has 2 heterocycles. The topological polar surface area (TPSA) is 156 Å². The summed E-state index contributed by atoms with van der Waals surface area (Å²) in [6.07, 6.45) is 2.85. The molecule has 0 aliphatic carbocycles. The van der Waals surface area contributed by atoms with Gasteiger partial charge >= 0.3 is 6.09 Å². The van der Waals surface area contributed by atoms with Crippen molar-refractivity contribution < 1.29 is 24.2 Å². The number of H-pyrrole nitrogens is 1. The molecule has 7 rings (SSSR count). The minimum atomic E-state index is -0.469. The van der Waals surface area contributed by atoms with E-state index in [2.05, 4.69) is 25.8 Å². The molecule has 5 aromatic carbocycles. The number of hydrogen-bond acceptors (Lipinski definition) is 8. The zero-order chi connectivity index (χ0) is 42.6. The Morgan fingerprint density at radius 1 is 0.803 bits per heavy atom. The summed E-state index contributed by atoms with van der Waals surface area (Å²) in [7, 11) is 1.75. The summed E-state index contributed by atoms with van der Waals surface area (Å²) >= 11 is 0. The molecule has 61 heavy (non-hydrogen) atoms. The lowest BCUT2D eigenvalue weighted by Crippen LogP contribution is -2.40. The van der Waals surface area contributed by atoms with E-state index in [1.807, 2.05) is 109 Å². The third-order valence-electron chi connectivity index (χ3n) is 11.1. The number of aromatic nitrogens is 1. The van der Waals surface area contributed by atoms with Gasteiger partial charge in [-0.3, -0.25) is 19.7 Å². The molecule has 12 heteroatoms. The molecule has 1 aliphatic rings. The van der Waals surface area contributed by atoms with Crippen LogP contribution in [0.25, 0.3) is 22.0 Å². The SMILES string of the molecule is CN(C(=O)CCN1CCC(OC(=O)Nc2ccccc2-c2ccccc2)CC1)c1cccc(NC(=O)Cc2ccc(CCNCCc3ccc(O)c4[nH]c(=O)ccc34)cc2)c1. The number of nitrogens with zero attached hydrogens (tertiary/aromatic N) is 2. The molecule has 12 nitrogen and oxygen atoms in total. The third-order valence-corrected chi connectivity index (χ3v) is 11.1. The predicted octanol–water partition coefficient (Wildman–Crippen LogP) is 7.52. The first-order valence-corrected chi connectivity index (χ1v) is 20.8. The van der Waals surface area contributed by atoms with Gasteiger partial charge in [-0.1, -0.05) is 84.9 Å². The van der Waals surface area contributed by atoms with Gasteiger partial charge in [-0.05, 0) is 97.4 Å². The number of hydrogen-bond donors (Lipinski definition) is 5. The molecule has 1 saturated heterocycles. The number of carbonyl (C=O) groups is 3.